The van der Waals surface area contributed by atoms with Gasteiger partial charge in [0.25, 0.3) is 0 Å². The van der Waals surface area contributed by atoms with Crippen LogP contribution >= 0.6 is 0 Å². The van der Waals surface area contributed by atoms with Crippen molar-refractivity contribution in [1.29, 1.82) is 0 Å². The molecule has 2 amide bonds. The van der Waals surface area contributed by atoms with Gasteiger partial charge in [0.1, 0.15) is 5.75 Å². The second-order valence-electron chi connectivity index (χ2n) is 10.8. The number of likely N-dealkylation sites (tertiary alicyclic amines) is 1. The molecule has 2 atom stereocenters. The molecule has 3 heterocycles. The highest BCUT2D eigenvalue weighted by Gasteiger charge is 2.30. The average Bonchev–Trinajstić information content (AvgIpc) is 3.65. The van der Waals surface area contributed by atoms with Crippen molar-refractivity contribution >= 4 is 18.0 Å². The van der Waals surface area contributed by atoms with Crippen LogP contribution in [0.15, 0.2) is 42.5 Å². The number of amides is 2. The van der Waals surface area contributed by atoms with Crippen LogP contribution in [-0.2, 0) is 22.4 Å². The van der Waals surface area contributed by atoms with Crippen LogP contribution < -0.4 is 15.0 Å². The van der Waals surface area contributed by atoms with E-state index < -0.39 is 0 Å². The third-order valence-corrected chi connectivity index (χ3v) is 7.94. The van der Waals surface area contributed by atoms with Gasteiger partial charge in [-0.15, -0.1) is 0 Å². The number of para-hydroxylation sites is 1. The third-order valence-electron chi connectivity index (χ3n) is 7.94. The molecule has 1 N–H and O–H groups in total. The molecule has 2 aromatic rings. The van der Waals surface area contributed by atoms with E-state index in [1.807, 2.05) is 36.1 Å². The summed E-state index contributed by atoms with van der Waals surface area (Å²) >= 11 is 0. The van der Waals surface area contributed by atoms with E-state index >= 15 is 0 Å². The van der Waals surface area contributed by atoms with E-state index in [1.165, 1.54) is 49.9 Å². The minimum absolute atomic E-state index is 0.221. The number of benzene rings is 2. The Morgan fingerprint density at radius 2 is 1.82 bits per heavy atom. The summed E-state index contributed by atoms with van der Waals surface area (Å²) in [5, 5.41) is 2.57. The number of ether oxygens (including phenoxy) is 1. The monoisotopic (exact) mass is 535 g/mol. The number of rotatable bonds is 10. The molecule has 1 saturated heterocycles. The van der Waals surface area contributed by atoms with Crippen LogP contribution in [0, 0.1) is 0 Å². The summed E-state index contributed by atoms with van der Waals surface area (Å²) in [4.78, 5) is 25.5. The van der Waals surface area contributed by atoms with Crippen LogP contribution in [0.5, 0.6) is 5.75 Å². The van der Waals surface area contributed by atoms with Crippen molar-refractivity contribution in [2.75, 3.05) is 37.7 Å². The van der Waals surface area contributed by atoms with Crippen molar-refractivity contribution < 1.29 is 14.3 Å². The van der Waals surface area contributed by atoms with Gasteiger partial charge in [-0.3, -0.25) is 9.59 Å². The molecule has 0 unspecified atom stereocenters. The second kappa shape index (κ2) is 16.3. The number of fused-ring (bicyclic) bond motifs is 2. The van der Waals surface area contributed by atoms with E-state index in [2.05, 4.69) is 49.2 Å². The van der Waals surface area contributed by atoms with Gasteiger partial charge in [-0.25, -0.2) is 0 Å². The van der Waals surface area contributed by atoms with E-state index in [9.17, 15) is 9.59 Å². The van der Waals surface area contributed by atoms with Gasteiger partial charge < -0.3 is 19.9 Å². The Labute approximate surface area is 236 Å². The van der Waals surface area contributed by atoms with Gasteiger partial charge in [0.15, 0.2) is 0 Å². The van der Waals surface area contributed by atoms with Gasteiger partial charge in [-0.1, -0.05) is 63.4 Å². The summed E-state index contributed by atoms with van der Waals surface area (Å²) in [6, 6.07) is 15.6. The summed E-state index contributed by atoms with van der Waals surface area (Å²) < 4.78 is 5.61. The van der Waals surface area contributed by atoms with Gasteiger partial charge in [0, 0.05) is 37.8 Å². The molecule has 214 valence electrons. The molecule has 6 heteroatoms. The largest absolute Gasteiger partial charge is 0.493 e. The zero-order valence-electron chi connectivity index (χ0n) is 24.6. The predicted octanol–water partition coefficient (Wildman–Crippen LogP) is 6.12. The summed E-state index contributed by atoms with van der Waals surface area (Å²) in [7, 11) is 0. The first-order chi connectivity index (χ1) is 19.0. The highest BCUT2D eigenvalue weighted by Crippen LogP contribution is 2.35. The van der Waals surface area contributed by atoms with Crippen LogP contribution in [0.4, 0.5) is 5.69 Å². The molecule has 3 aliphatic heterocycles. The number of nitrogens with one attached hydrogen (secondary N) is 1. The highest BCUT2D eigenvalue weighted by molar-refractivity contribution is 6.01. The number of anilines is 1. The van der Waals surface area contributed by atoms with Crippen molar-refractivity contribution in [3.05, 3.63) is 59.2 Å². The van der Waals surface area contributed by atoms with Gasteiger partial charge in [0.2, 0.25) is 12.3 Å². The van der Waals surface area contributed by atoms with E-state index in [4.69, 9.17) is 4.74 Å². The van der Waals surface area contributed by atoms with Crippen molar-refractivity contribution in [3.8, 4) is 5.75 Å². The Kier molecular flexibility index (Phi) is 12.8. The van der Waals surface area contributed by atoms with Crippen molar-refractivity contribution in [1.82, 2.24) is 10.2 Å². The first-order valence-electron chi connectivity index (χ1n) is 15.1. The second-order valence-corrected chi connectivity index (χ2v) is 10.8. The van der Waals surface area contributed by atoms with E-state index in [0.717, 1.165) is 74.3 Å². The predicted molar refractivity (Wildman–Crippen MR) is 161 cm³/mol. The summed E-state index contributed by atoms with van der Waals surface area (Å²) in [6.07, 6.45) is 9.96. The summed E-state index contributed by atoms with van der Waals surface area (Å²) in [5.41, 5.74) is 5.19. The Hall–Kier alpha value is -2.86. The molecule has 0 bridgehead atoms. The third kappa shape index (κ3) is 8.82. The van der Waals surface area contributed by atoms with Crippen LogP contribution in [0.2, 0.25) is 0 Å². The van der Waals surface area contributed by atoms with Crippen LogP contribution in [0.3, 0.4) is 0 Å². The first kappa shape index (κ1) is 30.7. The maximum atomic E-state index is 11.4. The van der Waals surface area contributed by atoms with Crippen LogP contribution in [0.25, 0.3) is 0 Å². The maximum absolute atomic E-state index is 11.4. The van der Waals surface area contributed by atoms with Crippen molar-refractivity contribution in [3.63, 3.8) is 0 Å². The molecule has 1 fully saturated rings. The molecule has 0 saturated carbocycles. The molecule has 0 aliphatic carbocycles. The Balaban J connectivity index is 0.000000187. The normalized spacial score (nSPS) is 19.3. The lowest BCUT2D eigenvalue weighted by Crippen LogP contribution is -2.28. The standard InChI is InChI=1S/C18H27NO.C10H11NO.C5H11NO/c1-3-4-5-9-19-13-17(11-14(19)2)15-6-7-18-16(12-15)8-10-20-18;1-2-11-9-6-4-3-5-8(9)7-10(11)12;1-2-3-4-6-5-7/h6-7,12,14,17H,3-5,8-11,13H2,1-2H3;3-6H,2,7H2,1H3;5H,2-4H2,1H3,(H,6,7)/t14-,17+;;/m0../s1. The number of unbranched alkanes of at least 4 members (excludes halogenated alkanes) is 3. The average molecular weight is 536 g/mol. The first-order valence-corrected chi connectivity index (χ1v) is 15.1. The molecular weight excluding hydrogens is 486 g/mol. The number of likely N-dealkylation sites (N-methyl/N-ethyl adjacent to an activating group) is 1. The lowest BCUT2D eigenvalue weighted by atomic mass is 9.94. The van der Waals surface area contributed by atoms with Gasteiger partial charge in [-0.05, 0) is 74.4 Å². The van der Waals surface area contributed by atoms with E-state index in [-0.39, 0.29) is 5.91 Å². The Morgan fingerprint density at radius 1 is 1.03 bits per heavy atom. The molecule has 39 heavy (non-hydrogen) atoms. The van der Waals surface area contributed by atoms with Crippen LogP contribution in [0.1, 0.15) is 88.8 Å². The minimum atomic E-state index is 0.221. The topological polar surface area (TPSA) is 61.9 Å². The molecular formula is C33H49N3O3. The fourth-order valence-corrected chi connectivity index (χ4v) is 5.68. The van der Waals surface area contributed by atoms with Crippen molar-refractivity contribution in [2.24, 2.45) is 0 Å². The number of carbonyl (C=O) groups excluding carboxylic acids is 2. The van der Waals surface area contributed by atoms with E-state index in [0.29, 0.717) is 6.42 Å². The highest BCUT2D eigenvalue weighted by atomic mass is 16.5. The fourth-order valence-electron chi connectivity index (χ4n) is 5.68. The number of nitrogens with zero attached hydrogens (tertiary/aromatic N) is 2. The fraction of sp³-hybridized carbons (Fsp3) is 0.576. The Morgan fingerprint density at radius 3 is 2.56 bits per heavy atom. The lowest BCUT2D eigenvalue weighted by Gasteiger charge is -2.20. The lowest BCUT2D eigenvalue weighted by molar-refractivity contribution is -0.117. The van der Waals surface area contributed by atoms with Crippen LogP contribution in [-0.4, -0.2) is 56.0 Å². The number of carbonyl (C=O) groups is 2. The minimum Gasteiger partial charge on any atom is -0.493 e. The Bertz CT molecular complexity index is 1040. The molecule has 6 nitrogen and oxygen atoms in total. The molecule has 3 aliphatic rings. The van der Waals surface area contributed by atoms with Gasteiger partial charge in [0.05, 0.1) is 13.0 Å². The molecule has 2 aromatic carbocycles. The molecule has 5 rings (SSSR count). The summed E-state index contributed by atoms with van der Waals surface area (Å²) in [6.45, 7) is 13.7. The smallest absolute Gasteiger partial charge is 0.231 e. The zero-order valence-corrected chi connectivity index (χ0v) is 24.6. The van der Waals surface area contributed by atoms with E-state index in [1.54, 1.807) is 0 Å². The number of hydrogen-bond acceptors (Lipinski definition) is 4. The van der Waals surface area contributed by atoms with Gasteiger partial charge >= 0.3 is 0 Å². The van der Waals surface area contributed by atoms with Crippen molar-refractivity contribution in [2.45, 2.75) is 91.0 Å². The molecule has 0 spiro atoms. The SMILES string of the molecule is CCCCCN1C[C@H](c2ccc3c(c2)CCO3)C[C@@H]1C.CCCCNC=O.CCN1C(=O)Cc2ccccc21. The summed E-state index contributed by atoms with van der Waals surface area (Å²) in [5.74, 6) is 2.05. The molecule has 0 aromatic heterocycles. The van der Waals surface area contributed by atoms with Gasteiger partial charge in [-0.2, -0.15) is 0 Å². The maximum Gasteiger partial charge on any atom is 0.231 e. The molecule has 0 radical (unpaired) electrons. The quantitative estimate of drug-likeness (QED) is 0.294. The number of hydrogen-bond donors (Lipinski definition) is 1. The zero-order chi connectivity index (χ0) is 28.0.